The Morgan fingerprint density at radius 1 is 1.14 bits per heavy atom. The van der Waals surface area contributed by atoms with Crippen LogP contribution in [0.3, 0.4) is 0 Å². The molecular weight excluding hydrogens is 311 g/mol. The molecule has 1 saturated heterocycles. The Kier molecular flexibility index (Phi) is 5.75. The lowest BCUT2D eigenvalue weighted by Gasteiger charge is -2.39. The third-order valence-corrected chi connectivity index (χ3v) is 2.85. The lowest BCUT2D eigenvalue weighted by atomic mass is 9.99. The van der Waals surface area contributed by atoms with E-state index in [1.807, 2.05) is 0 Å². The van der Waals surface area contributed by atoms with Crippen molar-refractivity contribution in [1.29, 1.82) is 0 Å². The highest BCUT2D eigenvalue weighted by Gasteiger charge is 2.45. The van der Waals surface area contributed by atoms with Crippen LogP contribution < -0.4 is 5.32 Å². The van der Waals surface area contributed by atoms with Crippen molar-refractivity contribution in [1.82, 2.24) is 5.32 Å². The molecule has 1 aliphatic heterocycles. The molecular formula is C12H16F3NO6. The minimum Gasteiger partial charge on any atom is -0.458 e. The van der Waals surface area contributed by atoms with Crippen LogP contribution in [-0.4, -0.2) is 48.6 Å². The predicted molar refractivity (Wildman–Crippen MR) is 64.3 cm³/mol. The molecule has 0 aromatic heterocycles. The van der Waals surface area contributed by atoms with E-state index in [0.29, 0.717) is 0 Å². The number of hydrogen-bond donors (Lipinski definition) is 1. The SMILES string of the molecule is CC(=O)O[C@H]1C[C@@H](NC(=O)C(F)(F)F)[C@H](OC(C)=O)[C@@H](C)O1. The van der Waals surface area contributed by atoms with Crippen LogP contribution in [-0.2, 0) is 28.6 Å². The number of halogens is 3. The number of rotatable bonds is 3. The maximum Gasteiger partial charge on any atom is 0.471 e. The second kappa shape index (κ2) is 6.95. The second-order valence-electron chi connectivity index (χ2n) is 4.77. The number of ether oxygens (including phenoxy) is 3. The Hall–Kier alpha value is -1.84. The zero-order valence-corrected chi connectivity index (χ0v) is 12.1. The van der Waals surface area contributed by atoms with E-state index in [-0.39, 0.29) is 6.42 Å². The summed E-state index contributed by atoms with van der Waals surface area (Å²) >= 11 is 0. The molecule has 1 heterocycles. The van der Waals surface area contributed by atoms with Crippen LogP contribution in [0.25, 0.3) is 0 Å². The van der Waals surface area contributed by atoms with E-state index in [2.05, 4.69) is 0 Å². The topological polar surface area (TPSA) is 90.9 Å². The molecule has 4 atom stereocenters. The molecule has 1 rings (SSSR count). The summed E-state index contributed by atoms with van der Waals surface area (Å²) in [6.45, 7) is 3.61. The van der Waals surface area contributed by atoms with Crippen molar-refractivity contribution in [2.24, 2.45) is 0 Å². The molecule has 0 aliphatic carbocycles. The molecule has 1 amide bonds. The summed E-state index contributed by atoms with van der Waals surface area (Å²) in [5, 5.41) is 1.74. The maximum atomic E-state index is 12.4. The maximum absolute atomic E-state index is 12.4. The van der Waals surface area contributed by atoms with Crippen LogP contribution in [0.5, 0.6) is 0 Å². The van der Waals surface area contributed by atoms with Crippen molar-refractivity contribution in [2.75, 3.05) is 0 Å². The van der Waals surface area contributed by atoms with Gasteiger partial charge in [-0.3, -0.25) is 14.4 Å². The number of nitrogens with one attached hydrogen (secondary N) is 1. The van der Waals surface area contributed by atoms with Crippen molar-refractivity contribution in [3.8, 4) is 0 Å². The molecule has 0 bridgehead atoms. The molecule has 1 aliphatic rings. The van der Waals surface area contributed by atoms with Gasteiger partial charge in [0.15, 0.2) is 0 Å². The van der Waals surface area contributed by atoms with Crippen molar-refractivity contribution in [3.63, 3.8) is 0 Å². The largest absolute Gasteiger partial charge is 0.471 e. The van der Waals surface area contributed by atoms with Crippen LogP contribution >= 0.6 is 0 Å². The van der Waals surface area contributed by atoms with Crippen molar-refractivity contribution in [2.45, 2.75) is 57.9 Å². The van der Waals surface area contributed by atoms with Crippen LogP contribution in [0, 0.1) is 0 Å². The highest BCUT2D eigenvalue weighted by Crippen LogP contribution is 2.25. The summed E-state index contributed by atoms with van der Waals surface area (Å²) in [5.41, 5.74) is 0. The van der Waals surface area contributed by atoms with Gasteiger partial charge in [-0.1, -0.05) is 0 Å². The third-order valence-electron chi connectivity index (χ3n) is 2.85. The van der Waals surface area contributed by atoms with Gasteiger partial charge in [0.2, 0.25) is 6.29 Å². The average Bonchev–Trinajstić information content (AvgIpc) is 2.31. The van der Waals surface area contributed by atoms with Gasteiger partial charge in [0.1, 0.15) is 6.10 Å². The second-order valence-corrected chi connectivity index (χ2v) is 4.77. The molecule has 0 radical (unpaired) electrons. The fraction of sp³-hybridized carbons (Fsp3) is 0.750. The van der Waals surface area contributed by atoms with Crippen molar-refractivity contribution >= 4 is 17.8 Å². The minimum absolute atomic E-state index is 0.274. The highest BCUT2D eigenvalue weighted by atomic mass is 19.4. The van der Waals surface area contributed by atoms with Crippen molar-refractivity contribution in [3.05, 3.63) is 0 Å². The molecule has 0 spiro atoms. The molecule has 0 unspecified atom stereocenters. The number of carbonyl (C=O) groups is 3. The molecule has 10 heteroatoms. The molecule has 0 saturated carbocycles. The van der Waals surface area contributed by atoms with Gasteiger partial charge in [-0.05, 0) is 6.92 Å². The predicted octanol–water partition coefficient (Wildman–Crippen LogP) is 0.663. The molecule has 7 nitrogen and oxygen atoms in total. The summed E-state index contributed by atoms with van der Waals surface area (Å²) < 4.78 is 52.0. The first kappa shape index (κ1) is 18.2. The Balaban J connectivity index is 2.88. The first-order valence-electron chi connectivity index (χ1n) is 6.38. The summed E-state index contributed by atoms with van der Waals surface area (Å²) in [6.07, 6.45) is -8.50. The van der Waals surface area contributed by atoms with Crippen LogP contribution in [0.2, 0.25) is 0 Å². The van der Waals surface area contributed by atoms with E-state index in [1.54, 1.807) is 5.32 Å². The fourth-order valence-electron chi connectivity index (χ4n) is 2.06. The molecule has 22 heavy (non-hydrogen) atoms. The zero-order valence-electron chi connectivity index (χ0n) is 12.1. The van der Waals surface area contributed by atoms with Gasteiger partial charge in [-0.15, -0.1) is 0 Å². The lowest BCUT2D eigenvalue weighted by Crippen LogP contribution is -2.58. The van der Waals surface area contributed by atoms with Crippen LogP contribution in [0.1, 0.15) is 27.2 Å². The number of carbonyl (C=O) groups excluding carboxylic acids is 3. The van der Waals surface area contributed by atoms with E-state index < -0.39 is 48.6 Å². The highest BCUT2D eigenvalue weighted by molar-refractivity contribution is 5.82. The summed E-state index contributed by atoms with van der Waals surface area (Å²) in [4.78, 5) is 33.0. The van der Waals surface area contributed by atoms with Gasteiger partial charge < -0.3 is 19.5 Å². The summed E-state index contributed by atoms with van der Waals surface area (Å²) in [5.74, 6) is -3.60. The first-order valence-corrected chi connectivity index (χ1v) is 6.38. The van der Waals surface area contributed by atoms with E-state index in [4.69, 9.17) is 14.2 Å². The monoisotopic (exact) mass is 327 g/mol. The number of esters is 2. The Labute approximate surface area is 124 Å². The normalized spacial score (nSPS) is 28.6. The van der Waals surface area contributed by atoms with Gasteiger partial charge in [0, 0.05) is 20.3 Å². The molecule has 0 aromatic rings. The molecule has 126 valence electrons. The quantitative estimate of drug-likeness (QED) is 0.766. The van der Waals surface area contributed by atoms with E-state index >= 15 is 0 Å². The Morgan fingerprint density at radius 3 is 2.14 bits per heavy atom. The van der Waals surface area contributed by atoms with E-state index in [1.165, 1.54) is 6.92 Å². The van der Waals surface area contributed by atoms with Gasteiger partial charge in [-0.2, -0.15) is 13.2 Å². The Bertz CT molecular complexity index is 453. The third kappa shape index (κ3) is 5.17. The fourth-order valence-corrected chi connectivity index (χ4v) is 2.06. The van der Waals surface area contributed by atoms with Gasteiger partial charge >= 0.3 is 24.0 Å². The van der Waals surface area contributed by atoms with Crippen LogP contribution in [0.4, 0.5) is 13.2 Å². The first-order chi connectivity index (χ1) is 10.0. The standard InChI is InChI=1S/C12H16F3NO6/c1-5-10(22-7(3)18)8(16-11(19)12(13,14)15)4-9(20-5)21-6(2)17/h5,8-10H,4H2,1-3H3,(H,16,19)/t5-,8-,9+,10-/m1/s1. The average molecular weight is 327 g/mol. The number of alkyl halides is 3. The van der Waals surface area contributed by atoms with E-state index in [9.17, 15) is 27.6 Å². The van der Waals surface area contributed by atoms with Gasteiger partial charge in [-0.25, -0.2) is 0 Å². The smallest absolute Gasteiger partial charge is 0.458 e. The summed E-state index contributed by atoms with van der Waals surface area (Å²) in [6, 6.07) is -1.20. The molecule has 0 aromatic carbocycles. The molecule has 1 fully saturated rings. The molecule has 1 N–H and O–H groups in total. The number of amides is 1. The number of hydrogen-bond acceptors (Lipinski definition) is 6. The summed E-state index contributed by atoms with van der Waals surface area (Å²) in [7, 11) is 0. The van der Waals surface area contributed by atoms with Crippen LogP contribution in [0.15, 0.2) is 0 Å². The minimum atomic E-state index is -5.08. The van der Waals surface area contributed by atoms with Gasteiger partial charge in [0.25, 0.3) is 0 Å². The van der Waals surface area contributed by atoms with E-state index in [0.717, 1.165) is 13.8 Å². The lowest BCUT2D eigenvalue weighted by molar-refractivity contribution is -0.230. The van der Waals surface area contributed by atoms with Gasteiger partial charge in [0.05, 0.1) is 12.1 Å². The zero-order chi connectivity index (χ0) is 17.1. The van der Waals surface area contributed by atoms with Crippen molar-refractivity contribution < 1.29 is 41.8 Å². The Morgan fingerprint density at radius 2 is 1.68 bits per heavy atom.